The number of nitrogens with one attached hydrogen (secondary N) is 1. The molecule has 52 heavy (non-hydrogen) atoms. The Morgan fingerprint density at radius 1 is 0.635 bits per heavy atom. The van der Waals surface area contributed by atoms with Crippen LogP contribution < -0.4 is 25.9 Å². The fourth-order valence-electron chi connectivity index (χ4n) is 8.79. The molecule has 256 valence electrons. The minimum absolute atomic E-state index is 0.101. The van der Waals surface area contributed by atoms with Crippen molar-refractivity contribution < 1.29 is 4.74 Å². The predicted molar refractivity (Wildman–Crippen MR) is 222 cm³/mol. The SMILES string of the molecule is Cc1cc(-c2cccc3c2Nc2ccccc2O3)c2c(c1)N(c1cc3c(cc1C)C(C)(C)CCC3(C)C)c1cc3c(cc1B2)Sc1ccccc1S3. The molecule has 1 aliphatic carbocycles. The summed E-state index contributed by atoms with van der Waals surface area (Å²) >= 11 is 3.81. The first-order chi connectivity index (χ1) is 25.0. The van der Waals surface area contributed by atoms with Crippen LogP contribution >= 0.6 is 23.5 Å². The van der Waals surface area contributed by atoms with Gasteiger partial charge in [0.25, 0.3) is 0 Å². The second kappa shape index (κ2) is 11.5. The number of ether oxygens (including phenoxy) is 1. The number of hydrogen-bond acceptors (Lipinski definition) is 5. The van der Waals surface area contributed by atoms with Crippen molar-refractivity contribution in [1.29, 1.82) is 0 Å². The van der Waals surface area contributed by atoms with E-state index in [4.69, 9.17) is 4.74 Å². The second-order valence-corrected chi connectivity index (χ2v) is 18.4. The van der Waals surface area contributed by atoms with Crippen LogP contribution in [-0.2, 0) is 10.8 Å². The second-order valence-electron chi connectivity index (χ2n) is 16.3. The van der Waals surface area contributed by atoms with E-state index in [2.05, 4.69) is 143 Å². The van der Waals surface area contributed by atoms with Crippen molar-refractivity contribution in [2.45, 2.75) is 84.8 Å². The zero-order chi connectivity index (χ0) is 35.5. The molecule has 10 rings (SSSR count). The van der Waals surface area contributed by atoms with Crippen molar-refractivity contribution >= 4 is 70.2 Å². The van der Waals surface area contributed by atoms with Gasteiger partial charge in [-0.1, -0.05) is 111 Å². The van der Waals surface area contributed by atoms with Gasteiger partial charge in [0.2, 0.25) is 0 Å². The lowest BCUT2D eigenvalue weighted by molar-refractivity contribution is 0.332. The van der Waals surface area contributed by atoms with E-state index in [0.717, 1.165) is 35.7 Å². The summed E-state index contributed by atoms with van der Waals surface area (Å²) in [5.41, 5.74) is 16.8. The predicted octanol–water partition coefficient (Wildman–Crippen LogP) is 12.0. The number of para-hydroxylation sites is 3. The van der Waals surface area contributed by atoms with Crippen molar-refractivity contribution in [1.82, 2.24) is 0 Å². The van der Waals surface area contributed by atoms with Crippen molar-refractivity contribution in [2.24, 2.45) is 0 Å². The highest BCUT2D eigenvalue weighted by Crippen LogP contribution is 2.53. The average Bonchev–Trinajstić information content (AvgIpc) is 3.13. The molecule has 0 saturated carbocycles. The standard InChI is InChI=1S/C46H41BN2OS2/c1-26-20-29(28-12-11-15-38-44(28)48-33-13-7-8-14-37(33)50-38)43-36(21-26)49(34-23-31-30(22-27(34)2)45(3,4)18-19-46(31,5)6)35-25-42-41(24-32(35)47-43)51-39-16-9-10-17-40(39)52-42/h7-17,20-25,47-48H,18-19H2,1-6H3. The summed E-state index contributed by atoms with van der Waals surface area (Å²) in [5.74, 6) is 1.71. The molecular weight excluding hydrogens is 671 g/mol. The van der Waals surface area contributed by atoms with Crippen LogP contribution in [0.15, 0.2) is 123 Å². The molecule has 3 nitrogen and oxygen atoms in total. The molecule has 4 aliphatic rings. The average molecular weight is 713 g/mol. The van der Waals surface area contributed by atoms with E-state index in [0.29, 0.717) is 0 Å². The highest BCUT2D eigenvalue weighted by Gasteiger charge is 2.39. The Hall–Kier alpha value is -4.52. The normalized spacial score (nSPS) is 16.7. The van der Waals surface area contributed by atoms with E-state index in [1.807, 2.05) is 35.7 Å². The largest absolute Gasteiger partial charge is 0.453 e. The number of nitrogens with zero attached hydrogens (tertiary/aromatic N) is 1. The number of rotatable bonds is 2. The minimum atomic E-state index is 0.101. The third-order valence-electron chi connectivity index (χ3n) is 11.7. The molecule has 3 aliphatic heterocycles. The topological polar surface area (TPSA) is 24.5 Å². The van der Waals surface area contributed by atoms with Gasteiger partial charge in [-0.15, -0.1) is 0 Å². The van der Waals surface area contributed by atoms with Gasteiger partial charge in [0.15, 0.2) is 18.8 Å². The van der Waals surface area contributed by atoms with Crippen LogP contribution in [-0.4, -0.2) is 7.28 Å². The van der Waals surface area contributed by atoms with Gasteiger partial charge < -0.3 is 15.0 Å². The van der Waals surface area contributed by atoms with Gasteiger partial charge >= 0.3 is 0 Å². The van der Waals surface area contributed by atoms with E-state index in [1.165, 1.54) is 88.2 Å². The van der Waals surface area contributed by atoms with Crippen LogP contribution in [0.1, 0.15) is 62.8 Å². The van der Waals surface area contributed by atoms with Gasteiger partial charge in [-0.3, -0.25) is 0 Å². The quantitative estimate of drug-likeness (QED) is 0.180. The third-order valence-corrected chi connectivity index (χ3v) is 14.3. The van der Waals surface area contributed by atoms with Crippen LogP contribution in [0.25, 0.3) is 11.1 Å². The van der Waals surface area contributed by atoms with E-state index in [1.54, 1.807) is 0 Å². The van der Waals surface area contributed by atoms with Gasteiger partial charge in [0.1, 0.15) is 0 Å². The molecule has 0 bridgehead atoms. The van der Waals surface area contributed by atoms with Crippen LogP contribution in [0.3, 0.4) is 0 Å². The van der Waals surface area contributed by atoms with Crippen LogP contribution in [0, 0.1) is 13.8 Å². The lowest BCUT2D eigenvalue weighted by atomic mass is 9.58. The molecule has 6 aromatic rings. The molecule has 0 fully saturated rings. The molecule has 6 heteroatoms. The Labute approximate surface area is 316 Å². The number of fused-ring (bicyclic) bond motifs is 7. The molecule has 0 saturated heterocycles. The summed E-state index contributed by atoms with van der Waals surface area (Å²) < 4.78 is 6.48. The maximum absolute atomic E-state index is 6.48. The van der Waals surface area contributed by atoms with Crippen molar-refractivity contribution in [3.8, 4) is 22.6 Å². The van der Waals surface area contributed by atoms with Crippen LogP contribution in [0.2, 0.25) is 0 Å². The maximum atomic E-state index is 6.48. The molecule has 0 amide bonds. The van der Waals surface area contributed by atoms with E-state index < -0.39 is 0 Å². The van der Waals surface area contributed by atoms with E-state index >= 15 is 0 Å². The fraction of sp³-hybridized carbons (Fsp3) is 0.217. The molecule has 0 spiro atoms. The first-order valence-electron chi connectivity index (χ1n) is 18.4. The van der Waals surface area contributed by atoms with Gasteiger partial charge in [-0.2, -0.15) is 0 Å². The van der Waals surface area contributed by atoms with Crippen molar-refractivity contribution in [2.75, 3.05) is 10.2 Å². The van der Waals surface area contributed by atoms with E-state index in [-0.39, 0.29) is 10.8 Å². The monoisotopic (exact) mass is 712 g/mol. The maximum Gasteiger partial charge on any atom is 0.198 e. The molecule has 6 aromatic carbocycles. The minimum Gasteiger partial charge on any atom is -0.453 e. The highest BCUT2D eigenvalue weighted by molar-refractivity contribution is 8.05. The first-order valence-corrected chi connectivity index (χ1v) is 20.1. The summed E-state index contributed by atoms with van der Waals surface area (Å²) in [6, 6.07) is 38.3. The Morgan fingerprint density at radius 2 is 1.31 bits per heavy atom. The molecule has 0 radical (unpaired) electrons. The Kier molecular flexibility index (Phi) is 7.11. The zero-order valence-corrected chi connectivity index (χ0v) is 32.2. The summed E-state index contributed by atoms with van der Waals surface area (Å²) in [6.07, 6.45) is 2.39. The summed E-state index contributed by atoms with van der Waals surface area (Å²) in [4.78, 5) is 7.95. The molecular formula is C46H41BN2OS2. The first kappa shape index (κ1) is 32.2. The third kappa shape index (κ3) is 4.98. The number of hydrogen-bond donors (Lipinski definition) is 1. The molecule has 0 unspecified atom stereocenters. The van der Waals surface area contributed by atoms with Gasteiger partial charge in [-0.05, 0) is 119 Å². The van der Waals surface area contributed by atoms with Crippen molar-refractivity contribution in [3.63, 3.8) is 0 Å². The summed E-state index contributed by atoms with van der Waals surface area (Å²) in [5, 5.41) is 3.76. The molecule has 0 aromatic heterocycles. The number of benzene rings is 6. The zero-order valence-electron chi connectivity index (χ0n) is 30.6. The number of aryl methyl sites for hydroxylation is 2. The Morgan fingerprint density at radius 3 is 2.08 bits per heavy atom. The smallest absolute Gasteiger partial charge is 0.198 e. The Balaban J connectivity index is 1.21. The molecule has 0 atom stereocenters. The van der Waals surface area contributed by atoms with Gasteiger partial charge in [0.05, 0.1) is 11.4 Å². The lowest BCUT2D eigenvalue weighted by Crippen LogP contribution is -2.42. The Bertz CT molecular complexity index is 2500. The fourth-order valence-corrected chi connectivity index (χ4v) is 11.1. The van der Waals surface area contributed by atoms with Crippen LogP contribution in [0.5, 0.6) is 11.5 Å². The summed E-state index contributed by atoms with van der Waals surface area (Å²) in [6.45, 7) is 14.3. The lowest BCUT2D eigenvalue weighted by Gasteiger charge is -2.44. The number of anilines is 5. The van der Waals surface area contributed by atoms with Crippen molar-refractivity contribution in [3.05, 3.63) is 125 Å². The van der Waals surface area contributed by atoms with Gasteiger partial charge in [-0.25, -0.2) is 0 Å². The van der Waals surface area contributed by atoms with Gasteiger partial charge in [0, 0.05) is 42.2 Å². The van der Waals surface area contributed by atoms with E-state index in [9.17, 15) is 0 Å². The molecule has 1 N–H and O–H groups in total. The molecule has 3 heterocycles. The highest BCUT2D eigenvalue weighted by atomic mass is 32.2. The summed E-state index contributed by atoms with van der Waals surface area (Å²) in [7, 11) is 0.848. The van der Waals surface area contributed by atoms with Crippen LogP contribution in [0.4, 0.5) is 28.4 Å².